The number of fused-ring (bicyclic) bond motifs is 1. The number of methoxy groups -OCH3 is 1. The number of nitrogens with zero attached hydrogens (tertiary/aromatic N) is 3. The van der Waals surface area contributed by atoms with E-state index in [0.29, 0.717) is 15.7 Å². The molecule has 114 valence electrons. The predicted molar refractivity (Wildman–Crippen MR) is 87.1 cm³/mol. The molecule has 0 fully saturated rings. The fraction of sp³-hybridized carbons (Fsp3) is 0.214. The maximum atomic E-state index is 12.3. The molecule has 1 amide bonds. The Labute approximate surface area is 135 Å². The molecule has 0 bridgehead atoms. The van der Waals surface area contributed by atoms with Crippen molar-refractivity contribution in [2.45, 2.75) is 6.92 Å². The van der Waals surface area contributed by atoms with Crippen LogP contribution in [0.4, 0.5) is 5.13 Å². The molecular formula is C14H13ClN4O2S. The lowest BCUT2D eigenvalue weighted by Crippen LogP contribution is -2.12. The van der Waals surface area contributed by atoms with Gasteiger partial charge in [-0.3, -0.25) is 14.8 Å². The van der Waals surface area contributed by atoms with Crippen LogP contribution in [0.3, 0.4) is 0 Å². The molecule has 0 unspecified atom stereocenters. The summed E-state index contributed by atoms with van der Waals surface area (Å²) in [6.07, 6.45) is 1.60. The normalized spacial score (nSPS) is 10.9. The lowest BCUT2D eigenvalue weighted by atomic mass is 10.2. The average Bonchev–Trinajstić information content (AvgIpc) is 3.01. The number of hydrogen-bond acceptors (Lipinski definition) is 5. The number of anilines is 1. The van der Waals surface area contributed by atoms with Crippen molar-refractivity contribution in [3.63, 3.8) is 0 Å². The van der Waals surface area contributed by atoms with Crippen LogP contribution < -0.4 is 10.1 Å². The minimum absolute atomic E-state index is 0.278. The number of carbonyl (C=O) groups excluding carboxylic acids is 1. The van der Waals surface area contributed by atoms with E-state index in [0.717, 1.165) is 15.8 Å². The number of aryl methyl sites for hydroxylation is 2. The monoisotopic (exact) mass is 336 g/mol. The van der Waals surface area contributed by atoms with Gasteiger partial charge in [-0.1, -0.05) is 22.9 Å². The van der Waals surface area contributed by atoms with Gasteiger partial charge in [0, 0.05) is 18.3 Å². The average molecular weight is 337 g/mol. The van der Waals surface area contributed by atoms with Gasteiger partial charge in [0.15, 0.2) is 5.13 Å². The van der Waals surface area contributed by atoms with E-state index in [-0.39, 0.29) is 11.8 Å². The molecule has 6 nitrogen and oxygen atoms in total. The number of amides is 1. The van der Waals surface area contributed by atoms with E-state index in [2.05, 4.69) is 15.4 Å². The maximum absolute atomic E-state index is 12.3. The Hall–Kier alpha value is -2.12. The minimum Gasteiger partial charge on any atom is -0.479 e. The quantitative estimate of drug-likeness (QED) is 0.797. The molecule has 2 aromatic heterocycles. The lowest BCUT2D eigenvalue weighted by molar-refractivity contribution is 0.102. The summed E-state index contributed by atoms with van der Waals surface area (Å²) in [7, 11) is 3.20. The van der Waals surface area contributed by atoms with Gasteiger partial charge < -0.3 is 4.74 Å². The van der Waals surface area contributed by atoms with Crippen molar-refractivity contribution in [2.75, 3.05) is 12.4 Å². The Morgan fingerprint density at radius 1 is 1.45 bits per heavy atom. The highest BCUT2D eigenvalue weighted by molar-refractivity contribution is 7.22. The van der Waals surface area contributed by atoms with Crippen LogP contribution in [0, 0.1) is 6.92 Å². The molecule has 3 rings (SSSR count). The summed E-state index contributed by atoms with van der Waals surface area (Å²) in [5, 5.41) is 8.00. The van der Waals surface area contributed by atoms with Crippen LogP contribution in [-0.4, -0.2) is 27.8 Å². The lowest BCUT2D eigenvalue weighted by Gasteiger charge is -2.00. The zero-order valence-corrected chi connectivity index (χ0v) is 13.7. The summed E-state index contributed by atoms with van der Waals surface area (Å²) in [6.45, 7) is 1.93. The van der Waals surface area contributed by atoms with Crippen molar-refractivity contribution in [1.29, 1.82) is 0 Å². The van der Waals surface area contributed by atoms with Crippen LogP contribution in [0.1, 0.15) is 15.9 Å². The smallest absolute Gasteiger partial charge is 0.264 e. The van der Waals surface area contributed by atoms with Crippen LogP contribution >= 0.6 is 22.9 Å². The topological polar surface area (TPSA) is 69.0 Å². The van der Waals surface area contributed by atoms with Gasteiger partial charge in [-0.25, -0.2) is 4.98 Å². The van der Waals surface area contributed by atoms with Gasteiger partial charge >= 0.3 is 0 Å². The molecule has 22 heavy (non-hydrogen) atoms. The van der Waals surface area contributed by atoms with Crippen molar-refractivity contribution >= 4 is 44.2 Å². The van der Waals surface area contributed by atoms with E-state index in [1.165, 1.54) is 23.1 Å². The molecule has 0 aliphatic heterocycles. The first-order valence-electron chi connectivity index (χ1n) is 6.43. The summed E-state index contributed by atoms with van der Waals surface area (Å²) in [5.74, 6) is -0.0342. The first-order valence-corrected chi connectivity index (χ1v) is 7.63. The summed E-state index contributed by atoms with van der Waals surface area (Å²) in [4.78, 5) is 16.8. The Balaban J connectivity index is 1.92. The first kappa shape index (κ1) is 14.8. The van der Waals surface area contributed by atoms with E-state index in [9.17, 15) is 4.79 Å². The SMILES string of the molecule is COc1nn(C)cc1C(=O)Nc1nc2c(C)cc(Cl)cc2s1. The number of nitrogens with one attached hydrogen (secondary N) is 1. The zero-order chi connectivity index (χ0) is 15.9. The molecule has 1 N–H and O–H groups in total. The van der Waals surface area contributed by atoms with E-state index in [4.69, 9.17) is 16.3 Å². The number of carbonyl (C=O) groups is 1. The first-order chi connectivity index (χ1) is 10.5. The third kappa shape index (κ3) is 2.65. The fourth-order valence-corrected chi connectivity index (χ4v) is 3.46. The molecule has 0 radical (unpaired) electrons. The summed E-state index contributed by atoms with van der Waals surface area (Å²) >= 11 is 7.41. The van der Waals surface area contributed by atoms with Crippen molar-refractivity contribution in [1.82, 2.24) is 14.8 Å². The Morgan fingerprint density at radius 2 is 2.23 bits per heavy atom. The van der Waals surface area contributed by atoms with E-state index < -0.39 is 0 Å². The molecule has 2 heterocycles. The van der Waals surface area contributed by atoms with Gasteiger partial charge in [0.05, 0.1) is 17.3 Å². The van der Waals surface area contributed by atoms with Crippen LogP contribution in [0.25, 0.3) is 10.2 Å². The highest BCUT2D eigenvalue weighted by Gasteiger charge is 2.18. The number of aromatic nitrogens is 3. The second-order valence-electron chi connectivity index (χ2n) is 4.77. The van der Waals surface area contributed by atoms with Crippen LogP contribution in [0.5, 0.6) is 5.88 Å². The molecular weight excluding hydrogens is 324 g/mol. The Kier molecular flexibility index (Phi) is 3.76. The number of benzene rings is 1. The number of ether oxygens (including phenoxy) is 1. The van der Waals surface area contributed by atoms with Gasteiger partial charge in [0.1, 0.15) is 5.56 Å². The van der Waals surface area contributed by atoms with Crippen molar-refractivity contribution in [3.05, 3.63) is 34.5 Å². The Bertz CT molecular complexity index is 871. The van der Waals surface area contributed by atoms with E-state index >= 15 is 0 Å². The molecule has 0 spiro atoms. The third-order valence-electron chi connectivity index (χ3n) is 3.10. The minimum atomic E-state index is -0.312. The zero-order valence-electron chi connectivity index (χ0n) is 12.2. The van der Waals surface area contributed by atoms with Crippen molar-refractivity contribution in [2.24, 2.45) is 7.05 Å². The largest absolute Gasteiger partial charge is 0.479 e. The molecule has 0 aliphatic carbocycles. The third-order valence-corrected chi connectivity index (χ3v) is 4.24. The molecule has 0 aliphatic rings. The second-order valence-corrected chi connectivity index (χ2v) is 6.24. The molecule has 0 atom stereocenters. The highest BCUT2D eigenvalue weighted by Crippen LogP contribution is 2.31. The van der Waals surface area contributed by atoms with Gasteiger partial charge in [0.25, 0.3) is 5.91 Å². The maximum Gasteiger partial charge on any atom is 0.264 e. The van der Waals surface area contributed by atoms with E-state index in [1.54, 1.807) is 13.2 Å². The highest BCUT2D eigenvalue weighted by atomic mass is 35.5. The standard InChI is InChI=1S/C14H13ClN4O2S/c1-7-4-8(15)5-10-11(7)16-14(22-10)17-12(20)9-6-19(2)18-13(9)21-3/h4-6H,1-3H3,(H,16,17,20). The molecule has 0 saturated heterocycles. The number of rotatable bonds is 3. The number of hydrogen-bond donors (Lipinski definition) is 1. The number of thiazole rings is 1. The molecule has 1 aromatic carbocycles. The fourth-order valence-electron chi connectivity index (χ4n) is 2.15. The second kappa shape index (κ2) is 5.58. The van der Waals surface area contributed by atoms with Gasteiger partial charge in [-0.15, -0.1) is 5.10 Å². The van der Waals surface area contributed by atoms with Crippen LogP contribution in [0.15, 0.2) is 18.3 Å². The van der Waals surface area contributed by atoms with E-state index in [1.807, 2.05) is 19.1 Å². The molecule has 8 heteroatoms. The van der Waals surface area contributed by atoms with Gasteiger partial charge in [-0.05, 0) is 24.6 Å². The number of halogens is 1. The predicted octanol–water partition coefficient (Wildman–Crippen LogP) is 3.25. The van der Waals surface area contributed by atoms with Crippen molar-refractivity contribution in [3.8, 4) is 5.88 Å². The van der Waals surface area contributed by atoms with Gasteiger partial charge in [-0.2, -0.15) is 0 Å². The molecule has 0 saturated carbocycles. The van der Waals surface area contributed by atoms with Crippen molar-refractivity contribution < 1.29 is 9.53 Å². The van der Waals surface area contributed by atoms with Crippen LogP contribution in [-0.2, 0) is 7.05 Å². The Morgan fingerprint density at radius 3 is 2.95 bits per heavy atom. The van der Waals surface area contributed by atoms with Crippen LogP contribution in [0.2, 0.25) is 5.02 Å². The summed E-state index contributed by atoms with van der Waals surface area (Å²) < 4.78 is 7.54. The summed E-state index contributed by atoms with van der Waals surface area (Å²) in [5.41, 5.74) is 2.17. The molecule has 3 aromatic rings. The summed E-state index contributed by atoms with van der Waals surface area (Å²) in [6, 6.07) is 3.68. The van der Waals surface area contributed by atoms with Gasteiger partial charge in [0.2, 0.25) is 5.88 Å².